The lowest BCUT2D eigenvalue weighted by Crippen LogP contribution is -2.43. The van der Waals surface area contributed by atoms with E-state index in [-0.39, 0.29) is 12.3 Å². The van der Waals surface area contributed by atoms with E-state index < -0.39 is 18.1 Å². The molecule has 2 N–H and O–H groups in total. The van der Waals surface area contributed by atoms with Crippen molar-refractivity contribution in [2.75, 3.05) is 13.7 Å². The quantitative estimate of drug-likeness (QED) is 0.706. The highest BCUT2D eigenvalue weighted by Crippen LogP contribution is 2.29. The Kier molecular flexibility index (Phi) is 6.33. The van der Waals surface area contributed by atoms with Gasteiger partial charge in [-0.1, -0.05) is 18.2 Å². The molecule has 0 aliphatic carbocycles. The van der Waals surface area contributed by atoms with E-state index in [1.54, 1.807) is 36.2 Å². The second kappa shape index (κ2) is 8.91. The SMILES string of the molecule is COc1ccc([C@H](CC(=O)O)N2CCn3cc(/C=C/CC(C)O)cc3C2=O)cn1. The molecule has 1 unspecified atom stereocenters. The Balaban J connectivity index is 1.85. The molecule has 1 aliphatic rings. The molecule has 2 aromatic heterocycles. The molecule has 0 radical (unpaired) electrons. The highest BCUT2D eigenvalue weighted by molar-refractivity contribution is 5.94. The molecule has 8 nitrogen and oxygen atoms in total. The zero-order valence-electron chi connectivity index (χ0n) is 16.5. The number of aromatic nitrogens is 2. The van der Waals surface area contributed by atoms with Gasteiger partial charge in [-0.15, -0.1) is 0 Å². The van der Waals surface area contributed by atoms with Crippen LogP contribution in [-0.4, -0.2) is 56.3 Å². The number of hydrogen-bond acceptors (Lipinski definition) is 5. The molecule has 0 saturated carbocycles. The van der Waals surface area contributed by atoms with Gasteiger partial charge in [0.15, 0.2) is 0 Å². The summed E-state index contributed by atoms with van der Waals surface area (Å²) in [5.41, 5.74) is 2.04. The van der Waals surface area contributed by atoms with Gasteiger partial charge >= 0.3 is 5.97 Å². The molecule has 0 fully saturated rings. The van der Waals surface area contributed by atoms with E-state index in [0.29, 0.717) is 36.6 Å². The Bertz CT molecular complexity index is 902. The van der Waals surface area contributed by atoms with Crippen LogP contribution in [0.2, 0.25) is 0 Å². The van der Waals surface area contributed by atoms with E-state index in [1.165, 1.54) is 7.11 Å². The van der Waals surface area contributed by atoms with E-state index in [9.17, 15) is 19.8 Å². The van der Waals surface area contributed by atoms with Gasteiger partial charge < -0.3 is 24.4 Å². The number of methoxy groups -OCH3 is 1. The second-order valence-corrected chi connectivity index (χ2v) is 7.09. The fourth-order valence-electron chi connectivity index (χ4n) is 3.43. The van der Waals surface area contributed by atoms with Gasteiger partial charge in [-0.25, -0.2) is 4.98 Å². The molecule has 0 saturated heterocycles. The summed E-state index contributed by atoms with van der Waals surface area (Å²) >= 11 is 0. The second-order valence-electron chi connectivity index (χ2n) is 7.09. The van der Waals surface area contributed by atoms with Crippen LogP contribution in [0.4, 0.5) is 0 Å². The van der Waals surface area contributed by atoms with Crippen molar-refractivity contribution in [1.29, 1.82) is 0 Å². The fraction of sp³-hybridized carbons (Fsp3) is 0.381. The van der Waals surface area contributed by atoms with E-state index in [2.05, 4.69) is 4.98 Å². The number of pyridine rings is 1. The molecule has 0 spiro atoms. The van der Waals surface area contributed by atoms with Gasteiger partial charge in [0.25, 0.3) is 5.91 Å². The van der Waals surface area contributed by atoms with Crippen LogP contribution in [0, 0.1) is 0 Å². The molecule has 29 heavy (non-hydrogen) atoms. The number of nitrogens with zero attached hydrogens (tertiary/aromatic N) is 3. The smallest absolute Gasteiger partial charge is 0.305 e. The van der Waals surface area contributed by atoms with Crippen LogP contribution in [0.3, 0.4) is 0 Å². The maximum atomic E-state index is 13.1. The lowest BCUT2D eigenvalue weighted by atomic mass is 10.0. The third-order valence-electron chi connectivity index (χ3n) is 4.86. The van der Waals surface area contributed by atoms with E-state index >= 15 is 0 Å². The van der Waals surface area contributed by atoms with Crippen molar-refractivity contribution in [3.63, 3.8) is 0 Å². The third kappa shape index (κ3) is 4.83. The molecular weight excluding hydrogens is 374 g/mol. The molecule has 3 rings (SSSR count). The average molecular weight is 399 g/mol. The lowest BCUT2D eigenvalue weighted by Gasteiger charge is -2.34. The normalized spacial score (nSPS) is 16.0. The van der Waals surface area contributed by atoms with Gasteiger partial charge in [-0.05, 0) is 30.5 Å². The van der Waals surface area contributed by atoms with E-state index in [4.69, 9.17) is 4.74 Å². The molecule has 1 amide bonds. The summed E-state index contributed by atoms with van der Waals surface area (Å²) in [6, 6.07) is 4.57. The molecule has 2 aromatic rings. The largest absolute Gasteiger partial charge is 0.481 e. The predicted molar refractivity (Wildman–Crippen MR) is 107 cm³/mol. The molecule has 0 bridgehead atoms. The monoisotopic (exact) mass is 399 g/mol. The van der Waals surface area contributed by atoms with Crippen molar-refractivity contribution >= 4 is 18.0 Å². The Morgan fingerprint density at radius 3 is 2.79 bits per heavy atom. The summed E-state index contributed by atoms with van der Waals surface area (Å²) in [5, 5.41) is 18.8. The number of carbonyl (C=O) groups is 2. The van der Waals surface area contributed by atoms with Crippen LogP contribution in [0.1, 0.15) is 47.4 Å². The average Bonchev–Trinajstić information content (AvgIpc) is 3.10. The minimum absolute atomic E-state index is 0.207. The molecule has 2 atom stereocenters. The van der Waals surface area contributed by atoms with E-state index in [1.807, 2.05) is 22.9 Å². The first-order chi connectivity index (χ1) is 13.9. The Hall–Kier alpha value is -3.13. The van der Waals surface area contributed by atoms with Gasteiger partial charge in [0.05, 0.1) is 25.7 Å². The number of amides is 1. The number of fused-ring (bicyclic) bond motifs is 1. The number of carboxylic acid groups (broad SMARTS) is 1. The summed E-state index contributed by atoms with van der Waals surface area (Å²) in [7, 11) is 1.51. The number of rotatable bonds is 8. The van der Waals surface area contributed by atoms with Gasteiger partial charge in [0.2, 0.25) is 5.88 Å². The molecule has 8 heteroatoms. The number of aliphatic carboxylic acids is 1. The fourth-order valence-corrected chi connectivity index (χ4v) is 3.43. The number of carboxylic acids is 1. The summed E-state index contributed by atoms with van der Waals surface area (Å²) in [6.07, 6.45) is 7.09. The van der Waals surface area contributed by atoms with Gasteiger partial charge in [-0.2, -0.15) is 0 Å². The molecule has 154 valence electrons. The van der Waals surface area contributed by atoms with Crippen molar-refractivity contribution in [3.8, 4) is 5.88 Å². The van der Waals surface area contributed by atoms with Gasteiger partial charge in [0.1, 0.15) is 5.69 Å². The number of aliphatic hydroxyl groups excluding tert-OH is 1. The van der Waals surface area contributed by atoms with Gasteiger partial charge in [-0.3, -0.25) is 9.59 Å². The maximum absolute atomic E-state index is 13.1. The summed E-state index contributed by atoms with van der Waals surface area (Å²) in [5.74, 6) is -0.773. The number of aliphatic hydroxyl groups is 1. The number of carbonyl (C=O) groups excluding carboxylic acids is 1. The molecule has 3 heterocycles. The van der Waals surface area contributed by atoms with Crippen LogP contribution in [0.15, 0.2) is 36.7 Å². The highest BCUT2D eigenvalue weighted by Gasteiger charge is 2.33. The Morgan fingerprint density at radius 1 is 1.38 bits per heavy atom. The summed E-state index contributed by atoms with van der Waals surface area (Å²) in [4.78, 5) is 30.3. The van der Waals surface area contributed by atoms with Crippen molar-refractivity contribution in [2.45, 2.75) is 38.5 Å². The number of ether oxygens (including phenoxy) is 1. The Labute approximate surface area is 169 Å². The zero-order chi connectivity index (χ0) is 21.0. The number of hydrogen-bond donors (Lipinski definition) is 2. The van der Waals surface area contributed by atoms with Crippen molar-refractivity contribution in [3.05, 3.63) is 53.5 Å². The molecular formula is C21H25N3O5. The van der Waals surface area contributed by atoms with Crippen LogP contribution in [0.5, 0.6) is 5.88 Å². The first-order valence-corrected chi connectivity index (χ1v) is 9.46. The summed E-state index contributed by atoms with van der Waals surface area (Å²) < 4.78 is 6.94. The Morgan fingerprint density at radius 2 is 2.17 bits per heavy atom. The molecule has 1 aliphatic heterocycles. The van der Waals surface area contributed by atoms with Crippen molar-refractivity contribution < 1.29 is 24.5 Å². The van der Waals surface area contributed by atoms with Crippen LogP contribution in [0.25, 0.3) is 6.08 Å². The third-order valence-corrected chi connectivity index (χ3v) is 4.86. The predicted octanol–water partition coefficient (Wildman–Crippen LogP) is 2.35. The van der Waals surface area contributed by atoms with Crippen LogP contribution >= 0.6 is 0 Å². The van der Waals surface area contributed by atoms with Gasteiger partial charge in [0, 0.05) is 31.5 Å². The van der Waals surface area contributed by atoms with Crippen LogP contribution < -0.4 is 4.74 Å². The van der Waals surface area contributed by atoms with Crippen LogP contribution in [-0.2, 0) is 11.3 Å². The topological polar surface area (TPSA) is 105 Å². The minimum atomic E-state index is -0.985. The first kappa shape index (κ1) is 20.6. The zero-order valence-corrected chi connectivity index (χ0v) is 16.5. The standard InChI is InChI=1S/C21H25N3O5/c1-14(25)4-3-5-15-10-18-21(28)24(9-8-23(18)13-15)17(11-20(26)27)16-6-7-19(29-2)22-12-16/h3,5-7,10,12-14,17,25H,4,8-9,11H2,1-2H3,(H,26,27)/b5-3+/t14?,17-/m0/s1. The maximum Gasteiger partial charge on any atom is 0.305 e. The lowest BCUT2D eigenvalue weighted by molar-refractivity contribution is -0.138. The molecule has 0 aromatic carbocycles. The minimum Gasteiger partial charge on any atom is -0.481 e. The van der Waals surface area contributed by atoms with Crippen molar-refractivity contribution in [2.24, 2.45) is 0 Å². The first-order valence-electron chi connectivity index (χ1n) is 9.46. The summed E-state index contributed by atoms with van der Waals surface area (Å²) in [6.45, 7) is 2.69. The van der Waals surface area contributed by atoms with Crippen molar-refractivity contribution in [1.82, 2.24) is 14.5 Å². The highest BCUT2D eigenvalue weighted by atomic mass is 16.5. The van der Waals surface area contributed by atoms with E-state index in [0.717, 1.165) is 5.56 Å².